The van der Waals surface area contributed by atoms with Gasteiger partial charge in [0.05, 0.1) is 0 Å². The molecular formula is C7H15N2+. The highest BCUT2D eigenvalue weighted by Gasteiger charge is 1.92. The second kappa shape index (κ2) is 5.51. The Bertz CT molecular complexity index is 105. The molecule has 0 atom stereocenters. The largest absolute Gasteiger partial charge is 0.330 e. The van der Waals surface area contributed by atoms with Gasteiger partial charge in [0, 0.05) is 13.3 Å². The van der Waals surface area contributed by atoms with Gasteiger partial charge in [-0.1, -0.05) is 0 Å². The third-order valence-corrected chi connectivity index (χ3v) is 1.19. The maximum absolute atomic E-state index is 5.31. The van der Waals surface area contributed by atoms with Crippen LogP contribution >= 0.6 is 0 Å². The van der Waals surface area contributed by atoms with Crippen molar-refractivity contribution in [1.29, 1.82) is 0 Å². The lowest BCUT2D eigenvalue weighted by Gasteiger charge is -1.92. The third kappa shape index (κ3) is 3.91. The number of hydrogen-bond donors (Lipinski definition) is 1. The molecule has 0 aliphatic heterocycles. The molecule has 0 aromatic heterocycles. The average Bonchev–Trinajstić information content (AvgIpc) is 1.91. The third-order valence-electron chi connectivity index (χ3n) is 1.19. The summed E-state index contributed by atoms with van der Waals surface area (Å²) in [5.41, 5.74) is 5.31. The lowest BCUT2D eigenvalue weighted by Crippen LogP contribution is -2.11. The molecule has 52 valence electrons. The molecule has 0 radical (unpaired) electrons. The second-order valence-corrected chi connectivity index (χ2v) is 1.82. The smallest absolute Gasteiger partial charge is 0.161 e. The van der Waals surface area contributed by atoms with E-state index in [2.05, 4.69) is 6.58 Å². The highest BCUT2D eigenvalue weighted by Crippen LogP contribution is 1.78. The summed E-state index contributed by atoms with van der Waals surface area (Å²) >= 11 is 0. The fraction of sp³-hybridized carbons (Fsp3) is 0.571. The molecule has 2 nitrogen and oxygen atoms in total. The van der Waals surface area contributed by atoms with Crippen molar-refractivity contribution < 1.29 is 4.58 Å². The second-order valence-electron chi connectivity index (χ2n) is 1.82. The van der Waals surface area contributed by atoms with Crippen LogP contribution in [-0.4, -0.2) is 23.9 Å². The molecule has 2 N–H and O–H groups in total. The molecule has 0 spiro atoms. The number of nitrogens with two attached hydrogens (primary N) is 1. The first-order valence-corrected chi connectivity index (χ1v) is 3.23. The maximum Gasteiger partial charge on any atom is 0.161 e. The summed E-state index contributed by atoms with van der Waals surface area (Å²) in [5, 5.41) is 0. The molecule has 0 unspecified atom stereocenters. The van der Waals surface area contributed by atoms with Gasteiger partial charge in [-0.15, -0.1) is 0 Å². The minimum Gasteiger partial charge on any atom is -0.330 e. The molecule has 0 aromatic carbocycles. The highest BCUT2D eigenvalue weighted by atomic mass is 15.0. The van der Waals surface area contributed by atoms with Crippen LogP contribution in [-0.2, 0) is 0 Å². The van der Waals surface area contributed by atoms with Crippen LogP contribution in [0.2, 0.25) is 0 Å². The van der Waals surface area contributed by atoms with E-state index in [0.29, 0.717) is 0 Å². The Morgan fingerprint density at radius 3 is 2.67 bits per heavy atom. The zero-order valence-electron chi connectivity index (χ0n) is 6.01. The van der Waals surface area contributed by atoms with Crippen LogP contribution < -0.4 is 5.73 Å². The first kappa shape index (κ1) is 8.37. The quantitative estimate of drug-likeness (QED) is 0.434. The average molecular weight is 127 g/mol. The van der Waals surface area contributed by atoms with E-state index in [-0.39, 0.29) is 0 Å². The van der Waals surface area contributed by atoms with Gasteiger partial charge in [0.25, 0.3) is 0 Å². The van der Waals surface area contributed by atoms with Crippen LogP contribution in [0.5, 0.6) is 0 Å². The van der Waals surface area contributed by atoms with E-state index < -0.39 is 0 Å². The summed E-state index contributed by atoms with van der Waals surface area (Å²) in [6.45, 7) is 7.35. The molecule has 0 saturated heterocycles. The topological polar surface area (TPSA) is 29.0 Å². The van der Waals surface area contributed by atoms with Gasteiger partial charge in [-0.2, -0.15) is 0 Å². The lowest BCUT2D eigenvalue weighted by atomic mass is 10.4. The fourth-order valence-corrected chi connectivity index (χ4v) is 0.600. The molecular weight excluding hydrogens is 112 g/mol. The Labute approximate surface area is 56.7 Å². The molecule has 0 saturated carbocycles. The van der Waals surface area contributed by atoms with Crippen LogP contribution in [0.25, 0.3) is 0 Å². The first-order valence-electron chi connectivity index (χ1n) is 3.23. The highest BCUT2D eigenvalue weighted by molar-refractivity contribution is 5.46. The van der Waals surface area contributed by atoms with E-state index >= 15 is 0 Å². The SMILES string of the molecule is C=C/[N+](=C\C)CCCN. The summed E-state index contributed by atoms with van der Waals surface area (Å²) in [4.78, 5) is 0. The number of nitrogens with zero attached hydrogens (tertiary/aromatic N) is 1. The van der Waals surface area contributed by atoms with E-state index in [9.17, 15) is 0 Å². The van der Waals surface area contributed by atoms with Crippen LogP contribution in [0.15, 0.2) is 12.8 Å². The number of hydrogen-bond acceptors (Lipinski definition) is 1. The Morgan fingerprint density at radius 2 is 2.33 bits per heavy atom. The normalized spacial score (nSPS) is 11.6. The van der Waals surface area contributed by atoms with Gasteiger partial charge in [-0.3, -0.25) is 0 Å². The van der Waals surface area contributed by atoms with E-state index in [1.54, 1.807) is 6.20 Å². The summed E-state index contributed by atoms with van der Waals surface area (Å²) < 4.78 is 2.02. The van der Waals surface area contributed by atoms with Crippen molar-refractivity contribution >= 4 is 6.21 Å². The fourth-order valence-electron chi connectivity index (χ4n) is 0.600. The lowest BCUT2D eigenvalue weighted by molar-refractivity contribution is -0.452. The Morgan fingerprint density at radius 1 is 1.67 bits per heavy atom. The maximum atomic E-state index is 5.31. The van der Waals surface area contributed by atoms with E-state index in [1.807, 2.05) is 17.7 Å². The van der Waals surface area contributed by atoms with Crippen molar-refractivity contribution in [2.75, 3.05) is 13.1 Å². The van der Waals surface area contributed by atoms with Gasteiger partial charge >= 0.3 is 0 Å². The van der Waals surface area contributed by atoms with Crippen molar-refractivity contribution in [3.05, 3.63) is 12.8 Å². The summed E-state index contributed by atoms with van der Waals surface area (Å²) in [6.07, 6.45) is 4.81. The molecule has 2 heteroatoms. The Hall–Kier alpha value is -0.630. The molecule has 0 rings (SSSR count). The molecule has 0 amide bonds. The zero-order chi connectivity index (χ0) is 7.11. The van der Waals surface area contributed by atoms with Crippen molar-refractivity contribution in [3.63, 3.8) is 0 Å². The minimum absolute atomic E-state index is 0.748. The van der Waals surface area contributed by atoms with Crippen LogP contribution in [0.3, 0.4) is 0 Å². The first-order chi connectivity index (χ1) is 4.35. The van der Waals surface area contributed by atoms with E-state index in [0.717, 1.165) is 19.5 Å². The summed E-state index contributed by atoms with van der Waals surface area (Å²) in [6, 6.07) is 0. The van der Waals surface area contributed by atoms with Crippen molar-refractivity contribution in [3.8, 4) is 0 Å². The van der Waals surface area contributed by atoms with Gasteiger partial charge in [0.1, 0.15) is 12.8 Å². The van der Waals surface area contributed by atoms with Gasteiger partial charge in [-0.05, 0) is 13.1 Å². The van der Waals surface area contributed by atoms with E-state index in [1.165, 1.54) is 0 Å². The van der Waals surface area contributed by atoms with Gasteiger partial charge in [0.15, 0.2) is 6.20 Å². The Kier molecular flexibility index (Phi) is 5.12. The van der Waals surface area contributed by atoms with Crippen LogP contribution in [0.1, 0.15) is 13.3 Å². The molecule has 0 aliphatic rings. The van der Waals surface area contributed by atoms with E-state index in [4.69, 9.17) is 5.73 Å². The molecule has 0 aromatic rings. The van der Waals surface area contributed by atoms with Crippen molar-refractivity contribution in [1.82, 2.24) is 0 Å². The van der Waals surface area contributed by atoms with Gasteiger partial charge in [-0.25, -0.2) is 4.58 Å². The van der Waals surface area contributed by atoms with Gasteiger partial charge in [0.2, 0.25) is 0 Å². The summed E-state index contributed by atoms with van der Waals surface area (Å²) in [5.74, 6) is 0. The zero-order valence-corrected chi connectivity index (χ0v) is 6.01. The monoisotopic (exact) mass is 127 g/mol. The van der Waals surface area contributed by atoms with Crippen molar-refractivity contribution in [2.24, 2.45) is 5.73 Å². The predicted molar refractivity (Wildman–Crippen MR) is 40.7 cm³/mol. The van der Waals surface area contributed by atoms with Crippen molar-refractivity contribution in [2.45, 2.75) is 13.3 Å². The standard InChI is InChI=1S/C7H15N2/c1-3-9(4-2)7-5-6-8/h3-4H,1,5-8H2,2H3/q+1/b9-4+. The van der Waals surface area contributed by atoms with Gasteiger partial charge < -0.3 is 5.73 Å². The molecule has 0 fully saturated rings. The number of rotatable bonds is 4. The molecule has 9 heavy (non-hydrogen) atoms. The molecule has 0 aliphatic carbocycles. The van der Waals surface area contributed by atoms with Crippen LogP contribution in [0, 0.1) is 0 Å². The summed E-state index contributed by atoms with van der Waals surface area (Å²) in [7, 11) is 0. The Balaban J connectivity index is 3.45. The van der Waals surface area contributed by atoms with Crippen LogP contribution in [0.4, 0.5) is 0 Å². The predicted octanol–water partition coefficient (Wildman–Crippen LogP) is 0.582. The minimum atomic E-state index is 0.748. The molecule has 0 bridgehead atoms. The molecule has 0 heterocycles.